The minimum atomic E-state index is -0.380. The summed E-state index contributed by atoms with van der Waals surface area (Å²) in [4.78, 5) is 12.2. The maximum absolute atomic E-state index is 12.2. The van der Waals surface area contributed by atoms with Gasteiger partial charge in [-0.2, -0.15) is 12.6 Å². The molecular formula is C17H19NO2S. The van der Waals surface area contributed by atoms with Crippen molar-refractivity contribution in [2.75, 3.05) is 12.4 Å². The number of rotatable bonds is 5. The Balaban J connectivity index is 1.99. The fourth-order valence-corrected chi connectivity index (χ4v) is 2.39. The molecular weight excluding hydrogens is 282 g/mol. The molecule has 2 aromatic carbocycles. The smallest absolute Gasteiger partial charge is 0.237 e. The summed E-state index contributed by atoms with van der Waals surface area (Å²) in [6.45, 7) is 1.94. The van der Waals surface area contributed by atoms with Gasteiger partial charge >= 0.3 is 0 Å². The standard InChI is InChI=1S/C17H19NO2S/c1-12-10-14(8-9-15(12)20-2)18-17(19)16(21)11-13-6-4-3-5-7-13/h3-10,16,21H,11H2,1-2H3,(H,18,19). The molecule has 1 amide bonds. The Hall–Kier alpha value is -1.94. The first-order valence-electron chi connectivity index (χ1n) is 6.77. The Morgan fingerprint density at radius 3 is 2.57 bits per heavy atom. The Morgan fingerprint density at radius 1 is 1.24 bits per heavy atom. The third kappa shape index (κ3) is 4.26. The molecule has 0 aliphatic rings. The van der Waals surface area contributed by atoms with Crippen LogP contribution in [0.1, 0.15) is 11.1 Å². The van der Waals surface area contributed by atoms with E-state index in [2.05, 4.69) is 17.9 Å². The highest BCUT2D eigenvalue weighted by Crippen LogP contribution is 2.22. The lowest BCUT2D eigenvalue weighted by Gasteiger charge is -2.13. The van der Waals surface area contributed by atoms with Crippen molar-refractivity contribution >= 4 is 24.2 Å². The molecule has 0 aromatic heterocycles. The average molecular weight is 301 g/mol. The molecule has 2 rings (SSSR count). The van der Waals surface area contributed by atoms with E-state index in [1.165, 1.54) is 0 Å². The molecule has 1 N–H and O–H groups in total. The van der Waals surface area contributed by atoms with Crippen LogP contribution in [0.5, 0.6) is 5.75 Å². The second-order valence-corrected chi connectivity index (χ2v) is 5.50. The third-order valence-corrected chi connectivity index (χ3v) is 3.65. The summed E-state index contributed by atoms with van der Waals surface area (Å²) in [5.41, 5.74) is 2.83. The number of amides is 1. The van der Waals surface area contributed by atoms with Gasteiger partial charge in [0.1, 0.15) is 5.75 Å². The van der Waals surface area contributed by atoms with Crippen molar-refractivity contribution in [2.24, 2.45) is 0 Å². The van der Waals surface area contributed by atoms with Crippen LogP contribution in [0.3, 0.4) is 0 Å². The van der Waals surface area contributed by atoms with E-state index in [-0.39, 0.29) is 11.2 Å². The molecule has 0 aliphatic carbocycles. The van der Waals surface area contributed by atoms with Crippen molar-refractivity contribution in [1.82, 2.24) is 0 Å². The van der Waals surface area contributed by atoms with Crippen LogP contribution < -0.4 is 10.1 Å². The van der Waals surface area contributed by atoms with Gasteiger partial charge in [-0.15, -0.1) is 0 Å². The molecule has 110 valence electrons. The number of ether oxygens (including phenoxy) is 1. The molecule has 0 spiro atoms. The molecule has 0 radical (unpaired) electrons. The van der Waals surface area contributed by atoms with Gasteiger partial charge in [-0.25, -0.2) is 0 Å². The Kier molecular flexibility index (Phi) is 5.28. The van der Waals surface area contributed by atoms with Gasteiger partial charge in [0.05, 0.1) is 12.4 Å². The monoisotopic (exact) mass is 301 g/mol. The molecule has 0 aliphatic heterocycles. The number of aryl methyl sites for hydroxylation is 1. The molecule has 0 fully saturated rings. The number of methoxy groups -OCH3 is 1. The van der Waals surface area contributed by atoms with Crippen LogP contribution in [0.25, 0.3) is 0 Å². The summed E-state index contributed by atoms with van der Waals surface area (Å²) in [5, 5.41) is 2.50. The summed E-state index contributed by atoms with van der Waals surface area (Å²) in [6.07, 6.45) is 0.602. The third-order valence-electron chi connectivity index (χ3n) is 3.24. The Bertz CT molecular complexity index is 613. The summed E-state index contributed by atoms with van der Waals surface area (Å²) in [6, 6.07) is 15.4. The molecule has 0 saturated carbocycles. The van der Waals surface area contributed by atoms with E-state index in [9.17, 15) is 4.79 Å². The van der Waals surface area contributed by atoms with Crippen LogP contribution in [0, 0.1) is 6.92 Å². The summed E-state index contributed by atoms with van der Waals surface area (Å²) < 4.78 is 5.20. The highest BCUT2D eigenvalue weighted by atomic mass is 32.1. The first-order chi connectivity index (χ1) is 10.1. The molecule has 0 bridgehead atoms. The molecule has 3 nitrogen and oxygen atoms in total. The van der Waals surface area contributed by atoms with Gasteiger partial charge in [0.2, 0.25) is 5.91 Å². The van der Waals surface area contributed by atoms with Gasteiger partial charge in [0, 0.05) is 5.69 Å². The second kappa shape index (κ2) is 7.18. The number of hydrogen-bond donors (Lipinski definition) is 2. The SMILES string of the molecule is COc1ccc(NC(=O)C(S)Cc2ccccc2)cc1C. The highest BCUT2D eigenvalue weighted by molar-refractivity contribution is 7.81. The number of benzene rings is 2. The highest BCUT2D eigenvalue weighted by Gasteiger charge is 2.15. The van der Waals surface area contributed by atoms with Crippen molar-refractivity contribution in [3.63, 3.8) is 0 Å². The van der Waals surface area contributed by atoms with Crippen LogP contribution in [0.15, 0.2) is 48.5 Å². The van der Waals surface area contributed by atoms with Crippen molar-refractivity contribution in [3.8, 4) is 5.75 Å². The molecule has 2 aromatic rings. The van der Waals surface area contributed by atoms with Crippen LogP contribution in [0.2, 0.25) is 0 Å². The van der Waals surface area contributed by atoms with E-state index < -0.39 is 0 Å². The summed E-state index contributed by atoms with van der Waals surface area (Å²) >= 11 is 4.39. The molecule has 1 unspecified atom stereocenters. The van der Waals surface area contributed by atoms with E-state index in [1.54, 1.807) is 7.11 Å². The van der Waals surface area contributed by atoms with Gasteiger partial charge in [0.25, 0.3) is 0 Å². The number of anilines is 1. The fourth-order valence-electron chi connectivity index (χ4n) is 2.11. The zero-order valence-electron chi connectivity index (χ0n) is 12.2. The second-order valence-electron chi connectivity index (χ2n) is 4.88. The predicted molar refractivity (Wildman–Crippen MR) is 89.3 cm³/mol. The summed E-state index contributed by atoms with van der Waals surface area (Å²) in [5.74, 6) is 0.700. The molecule has 4 heteroatoms. The number of carbonyl (C=O) groups is 1. The zero-order chi connectivity index (χ0) is 15.2. The van der Waals surface area contributed by atoms with Gasteiger partial charge in [-0.3, -0.25) is 4.79 Å². The van der Waals surface area contributed by atoms with Crippen LogP contribution >= 0.6 is 12.6 Å². The minimum absolute atomic E-state index is 0.105. The normalized spacial score (nSPS) is 11.8. The number of thiol groups is 1. The van der Waals surface area contributed by atoms with Gasteiger partial charge in [-0.05, 0) is 42.7 Å². The predicted octanol–water partition coefficient (Wildman–Crippen LogP) is 3.48. The van der Waals surface area contributed by atoms with E-state index in [0.717, 1.165) is 22.6 Å². The first-order valence-corrected chi connectivity index (χ1v) is 7.29. The maximum Gasteiger partial charge on any atom is 0.237 e. The molecule has 0 saturated heterocycles. The van der Waals surface area contributed by atoms with Crippen molar-refractivity contribution < 1.29 is 9.53 Å². The maximum atomic E-state index is 12.2. The Labute approximate surface area is 130 Å². The molecule has 21 heavy (non-hydrogen) atoms. The first kappa shape index (κ1) is 15.4. The minimum Gasteiger partial charge on any atom is -0.496 e. The Morgan fingerprint density at radius 2 is 1.95 bits per heavy atom. The number of nitrogens with one attached hydrogen (secondary N) is 1. The number of carbonyl (C=O) groups excluding carboxylic acids is 1. The zero-order valence-corrected chi connectivity index (χ0v) is 13.1. The van der Waals surface area contributed by atoms with Crippen molar-refractivity contribution in [1.29, 1.82) is 0 Å². The van der Waals surface area contributed by atoms with Crippen LogP contribution in [0.4, 0.5) is 5.69 Å². The average Bonchev–Trinajstić information content (AvgIpc) is 2.48. The number of hydrogen-bond acceptors (Lipinski definition) is 3. The van der Waals surface area contributed by atoms with Gasteiger partial charge in [0.15, 0.2) is 0 Å². The van der Waals surface area contributed by atoms with E-state index in [4.69, 9.17) is 4.74 Å². The van der Waals surface area contributed by atoms with Crippen molar-refractivity contribution in [2.45, 2.75) is 18.6 Å². The summed E-state index contributed by atoms with van der Waals surface area (Å²) in [7, 11) is 1.63. The van der Waals surface area contributed by atoms with Crippen molar-refractivity contribution in [3.05, 3.63) is 59.7 Å². The van der Waals surface area contributed by atoms with E-state index in [0.29, 0.717) is 6.42 Å². The lowest BCUT2D eigenvalue weighted by atomic mass is 10.1. The molecule has 1 atom stereocenters. The lowest BCUT2D eigenvalue weighted by Crippen LogP contribution is -2.25. The van der Waals surface area contributed by atoms with Crippen LogP contribution in [-0.4, -0.2) is 18.3 Å². The topological polar surface area (TPSA) is 38.3 Å². The quantitative estimate of drug-likeness (QED) is 0.830. The van der Waals surface area contributed by atoms with Gasteiger partial charge < -0.3 is 10.1 Å². The van der Waals surface area contributed by atoms with E-state index in [1.807, 2.05) is 55.5 Å². The molecule has 0 heterocycles. The van der Waals surface area contributed by atoms with E-state index >= 15 is 0 Å². The largest absolute Gasteiger partial charge is 0.496 e. The van der Waals surface area contributed by atoms with Crippen LogP contribution in [-0.2, 0) is 11.2 Å². The van der Waals surface area contributed by atoms with Gasteiger partial charge in [-0.1, -0.05) is 30.3 Å². The lowest BCUT2D eigenvalue weighted by molar-refractivity contribution is -0.115. The fraction of sp³-hybridized carbons (Fsp3) is 0.235.